The maximum atomic E-state index is 11.6. The fourth-order valence-corrected chi connectivity index (χ4v) is 2.52. The first-order chi connectivity index (χ1) is 6.86. The Kier molecular flexibility index (Phi) is 3.32. The summed E-state index contributed by atoms with van der Waals surface area (Å²) in [5, 5.41) is 7.22. The number of ketones is 1. The lowest BCUT2D eigenvalue weighted by Crippen LogP contribution is -2.10. The van der Waals surface area contributed by atoms with Gasteiger partial charge in [-0.1, -0.05) is 0 Å². The lowest BCUT2D eigenvalue weighted by Gasteiger charge is -2.05. The Morgan fingerprint density at radius 2 is 2.57 bits per heavy atom. The third kappa shape index (κ3) is 2.42. The monoisotopic (exact) mass is 209 g/mol. The van der Waals surface area contributed by atoms with E-state index in [4.69, 9.17) is 0 Å². The third-order valence-electron chi connectivity index (χ3n) is 2.79. The van der Waals surface area contributed by atoms with E-state index in [1.807, 2.05) is 16.8 Å². The molecule has 0 radical (unpaired) electrons. The highest BCUT2D eigenvalue weighted by atomic mass is 32.1. The average molecular weight is 209 g/mol. The van der Waals surface area contributed by atoms with E-state index < -0.39 is 0 Å². The number of carbonyl (C=O) groups excluding carboxylic acids is 1. The van der Waals surface area contributed by atoms with Crippen molar-refractivity contribution >= 4 is 17.1 Å². The highest BCUT2D eigenvalue weighted by Crippen LogP contribution is 2.17. The first kappa shape index (κ1) is 9.87. The normalized spacial score (nSPS) is 21.3. The molecule has 3 heteroatoms. The molecule has 1 aliphatic rings. The molecular weight excluding hydrogens is 194 g/mol. The molecule has 76 valence electrons. The highest BCUT2D eigenvalue weighted by Gasteiger charge is 2.16. The minimum absolute atomic E-state index is 0.304. The van der Waals surface area contributed by atoms with E-state index in [9.17, 15) is 4.79 Å². The largest absolute Gasteiger partial charge is 0.316 e. The summed E-state index contributed by atoms with van der Waals surface area (Å²) >= 11 is 1.59. The number of thiophene rings is 1. The molecule has 2 heterocycles. The molecule has 1 saturated heterocycles. The molecule has 1 aromatic heterocycles. The van der Waals surface area contributed by atoms with Gasteiger partial charge in [-0.25, -0.2) is 0 Å². The van der Waals surface area contributed by atoms with Crippen LogP contribution in [0.25, 0.3) is 0 Å². The molecule has 1 N–H and O–H groups in total. The summed E-state index contributed by atoms with van der Waals surface area (Å²) in [4.78, 5) is 11.6. The Labute approximate surface area is 88.3 Å². The van der Waals surface area contributed by atoms with Crippen LogP contribution in [0.4, 0.5) is 0 Å². The Bertz CT molecular complexity index is 288. The zero-order valence-electron chi connectivity index (χ0n) is 8.16. The van der Waals surface area contributed by atoms with Crippen LogP contribution in [-0.4, -0.2) is 18.9 Å². The molecule has 0 bridgehead atoms. The molecule has 1 aromatic rings. The quantitative estimate of drug-likeness (QED) is 0.771. The lowest BCUT2D eigenvalue weighted by atomic mass is 9.99. The van der Waals surface area contributed by atoms with Crippen molar-refractivity contribution in [1.82, 2.24) is 5.32 Å². The van der Waals surface area contributed by atoms with Crippen LogP contribution in [0.2, 0.25) is 0 Å². The molecular formula is C11H15NOS. The predicted octanol–water partition coefficient (Wildman–Crippen LogP) is 2.32. The van der Waals surface area contributed by atoms with E-state index >= 15 is 0 Å². The van der Waals surface area contributed by atoms with Crippen LogP contribution in [0.3, 0.4) is 0 Å². The number of nitrogens with one attached hydrogen (secondary N) is 1. The number of hydrogen-bond donors (Lipinski definition) is 1. The molecule has 0 aromatic carbocycles. The van der Waals surface area contributed by atoms with Gasteiger partial charge in [-0.3, -0.25) is 4.79 Å². The van der Waals surface area contributed by atoms with Crippen molar-refractivity contribution in [2.45, 2.75) is 19.3 Å². The second-order valence-corrected chi connectivity index (χ2v) is 4.61. The lowest BCUT2D eigenvalue weighted by molar-refractivity contribution is 0.0975. The maximum absolute atomic E-state index is 11.6. The van der Waals surface area contributed by atoms with Crippen LogP contribution >= 0.6 is 11.3 Å². The maximum Gasteiger partial charge on any atom is 0.163 e. The van der Waals surface area contributed by atoms with Gasteiger partial charge < -0.3 is 5.32 Å². The van der Waals surface area contributed by atoms with Crippen molar-refractivity contribution in [3.05, 3.63) is 22.4 Å². The molecule has 1 atom stereocenters. The number of Topliss-reactive ketones (excluding diaryl/α,β-unsaturated/α-hetero) is 1. The summed E-state index contributed by atoms with van der Waals surface area (Å²) in [7, 11) is 0. The van der Waals surface area contributed by atoms with Gasteiger partial charge in [-0.05, 0) is 43.3 Å². The van der Waals surface area contributed by atoms with Gasteiger partial charge in [0.25, 0.3) is 0 Å². The first-order valence-corrected chi connectivity index (χ1v) is 6.06. The molecule has 1 unspecified atom stereocenters. The molecule has 1 fully saturated rings. The predicted molar refractivity (Wildman–Crippen MR) is 58.9 cm³/mol. The second kappa shape index (κ2) is 4.71. The topological polar surface area (TPSA) is 29.1 Å². The van der Waals surface area contributed by atoms with Crippen molar-refractivity contribution in [2.75, 3.05) is 13.1 Å². The zero-order chi connectivity index (χ0) is 9.80. The second-order valence-electron chi connectivity index (χ2n) is 3.83. The molecule has 0 amide bonds. The molecule has 0 spiro atoms. The van der Waals surface area contributed by atoms with Gasteiger partial charge in [-0.15, -0.1) is 0 Å². The number of rotatable bonds is 4. The summed E-state index contributed by atoms with van der Waals surface area (Å²) in [6.07, 6.45) is 2.99. The van der Waals surface area contributed by atoms with Gasteiger partial charge in [0.2, 0.25) is 0 Å². The van der Waals surface area contributed by atoms with Crippen LogP contribution in [0.1, 0.15) is 29.6 Å². The van der Waals surface area contributed by atoms with Crippen molar-refractivity contribution in [3.63, 3.8) is 0 Å². The summed E-state index contributed by atoms with van der Waals surface area (Å²) in [6.45, 7) is 2.22. The standard InChI is InChI=1S/C11H15NOS/c13-11(10-4-6-14-8-10)2-1-9-3-5-12-7-9/h4,6,8-9,12H,1-3,5,7H2. The SMILES string of the molecule is O=C(CCC1CCNC1)c1ccsc1. The van der Waals surface area contributed by atoms with Crippen LogP contribution in [0.15, 0.2) is 16.8 Å². The van der Waals surface area contributed by atoms with Crippen LogP contribution in [0.5, 0.6) is 0 Å². The summed E-state index contributed by atoms with van der Waals surface area (Å²) < 4.78 is 0. The third-order valence-corrected chi connectivity index (χ3v) is 3.47. The number of carbonyl (C=O) groups is 1. The Balaban J connectivity index is 1.78. The van der Waals surface area contributed by atoms with E-state index in [-0.39, 0.29) is 0 Å². The first-order valence-electron chi connectivity index (χ1n) is 5.12. The van der Waals surface area contributed by atoms with Crippen LogP contribution in [-0.2, 0) is 0 Å². The average Bonchev–Trinajstić information content (AvgIpc) is 2.87. The molecule has 2 nitrogen and oxygen atoms in total. The van der Waals surface area contributed by atoms with Gasteiger partial charge in [0, 0.05) is 17.4 Å². The summed E-state index contributed by atoms with van der Waals surface area (Å²) in [5.41, 5.74) is 0.890. The van der Waals surface area contributed by atoms with Crippen molar-refractivity contribution in [2.24, 2.45) is 5.92 Å². The fraction of sp³-hybridized carbons (Fsp3) is 0.545. The smallest absolute Gasteiger partial charge is 0.163 e. The highest BCUT2D eigenvalue weighted by molar-refractivity contribution is 7.08. The van der Waals surface area contributed by atoms with E-state index in [0.717, 1.165) is 31.0 Å². The van der Waals surface area contributed by atoms with Crippen LogP contribution in [0, 0.1) is 5.92 Å². The van der Waals surface area contributed by atoms with E-state index in [2.05, 4.69) is 5.32 Å². The van der Waals surface area contributed by atoms with Gasteiger partial charge in [0.05, 0.1) is 0 Å². The molecule has 1 aliphatic heterocycles. The van der Waals surface area contributed by atoms with Gasteiger partial charge in [0.15, 0.2) is 5.78 Å². The van der Waals surface area contributed by atoms with Gasteiger partial charge in [0.1, 0.15) is 0 Å². The molecule has 0 saturated carbocycles. The van der Waals surface area contributed by atoms with Crippen molar-refractivity contribution in [1.29, 1.82) is 0 Å². The Morgan fingerprint density at radius 1 is 1.64 bits per heavy atom. The summed E-state index contributed by atoms with van der Waals surface area (Å²) in [6, 6.07) is 1.92. The minimum atomic E-state index is 0.304. The van der Waals surface area contributed by atoms with Gasteiger partial charge in [-0.2, -0.15) is 11.3 Å². The Hall–Kier alpha value is -0.670. The number of hydrogen-bond acceptors (Lipinski definition) is 3. The zero-order valence-corrected chi connectivity index (χ0v) is 8.98. The van der Waals surface area contributed by atoms with Crippen molar-refractivity contribution in [3.8, 4) is 0 Å². The Morgan fingerprint density at radius 3 is 3.21 bits per heavy atom. The van der Waals surface area contributed by atoms with E-state index in [1.54, 1.807) is 11.3 Å². The van der Waals surface area contributed by atoms with Gasteiger partial charge >= 0.3 is 0 Å². The van der Waals surface area contributed by atoms with E-state index in [0.29, 0.717) is 12.2 Å². The molecule has 0 aliphatic carbocycles. The minimum Gasteiger partial charge on any atom is -0.316 e. The van der Waals surface area contributed by atoms with E-state index in [1.165, 1.54) is 6.42 Å². The van der Waals surface area contributed by atoms with Crippen molar-refractivity contribution < 1.29 is 4.79 Å². The molecule has 2 rings (SSSR count). The molecule has 14 heavy (non-hydrogen) atoms. The fourth-order valence-electron chi connectivity index (χ4n) is 1.86. The summed E-state index contributed by atoms with van der Waals surface area (Å²) in [5.74, 6) is 1.02. The van der Waals surface area contributed by atoms with Crippen LogP contribution < -0.4 is 5.32 Å².